The topological polar surface area (TPSA) is 75.1 Å². The highest BCUT2D eigenvalue weighted by Gasteiger charge is 2.20. The molecule has 0 aromatic carbocycles. The molecule has 0 saturated heterocycles. The maximum absolute atomic E-state index is 10.8. The van der Waals surface area contributed by atoms with Gasteiger partial charge in [-0.25, -0.2) is 0 Å². The quantitative estimate of drug-likeness (QED) is 0.757. The van der Waals surface area contributed by atoms with Gasteiger partial charge in [0.1, 0.15) is 6.04 Å². The van der Waals surface area contributed by atoms with E-state index in [1.165, 1.54) is 11.5 Å². The van der Waals surface area contributed by atoms with Crippen molar-refractivity contribution in [1.82, 2.24) is 14.9 Å². The fraction of sp³-hybridized carbons (Fsp3) is 0.625. The molecule has 1 aromatic rings. The summed E-state index contributed by atoms with van der Waals surface area (Å²) in [6.07, 6.45) is 0. The van der Waals surface area contributed by atoms with Crippen molar-refractivity contribution in [2.45, 2.75) is 26.4 Å². The molecule has 0 aliphatic carbocycles. The highest BCUT2D eigenvalue weighted by Crippen LogP contribution is 2.03. The van der Waals surface area contributed by atoms with Crippen molar-refractivity contribution in [1.29, 1.82) is 0 Å². The van der Waals surface area contributed by atoms with Crippen molar-refractivity contribution in [3.63, 3.8) is 0 Å². The third-order valence-electron chi connectivity index (χ3n) is 1.84. The third kappa shape index (κ3) is 3.04. The van der Waals surface area contributed by atoms with Gasteiger partial charge in [-0.2, -0.15) is 0 Å². The summed E-state index contributed by atoms with van der Waals surface area (Å²) in [7, 11) is 0. The Morgan fingerprint density at radius 2 is 2.43 bits per heavy atom. The van der Waals surface area contributed by atoms with E-state index in [2.05, 4.69) is 14.9 Å². The van der Waals surface area contributed by atoms with Crippen molar-refractivity contribution in [2.75, 3.05) is 0 Å². The molecule has 1 unspecified atom stereocenters. The Morgan fingerprint density at radius 1 is 1.71 bits per heavy atom. The monoisotopic (exact) mass is 215 g/mol. The third-order valence-corrected chi connectivity index (χ3v) is 2.39. The molecule has 0 fully saturated rings. The predicted molar refractivity (Wildman–Crippen MR) is 53.0 cm³/mol. The van der Waals surface area contributed by atoms with E-state index in [9.17, 15) is 4.79 Å². The van der Waals surface area contributed by atoms with Crippen molar-refractivity contribution < 1.29 is 9.90 Å². The minimum Gasteiger partial charge on any atom is -0.480 e. The van der Waals surface area contributed by atoms with Gasteiger partial charge in [-0.05, 0) is 17.5 Å². The summed E-state index contributed by atoms with van der Waals surface area (Å²) in [4.78, 5) is 10.8. The number of hydrogen-bond donors (Lipinski definition) is 2. The normalized spacial score (nSPS) is 13.1. The van der Waals surface area contributed by atoms with Crippen LogP contribution in [0.15, 0.2) is 5.38 Å². The van der Waals surface area contributed by atoms with Crippen LogP contribution in [0.4, 0.5) is 0 Å². The summed E-state index contributed by atoms with van der Waals surface area (Å²) in [6.45, 7) is 4.18. The lowest BCUT2D eigenvalue weighted by molar-refractivity contribution is -0.140. The van der Waals surface area contributed by atoms with Crippen LogP contribution < -0.4 is 5.32 Å². The lowest BCUT2D eigenvalue weighted by Gasteiger charge is -2.16. The molecule has 1 atom stereocenters. The van der Waals surface area contributed by atoms with Crippen molar-refractivity contribution in [3.05, 3.63) is 11.1 Å². The van der Waals surface area contributed by atoms with Crippen molar-refractivity contribution in [3.8, 4) is 0 Å². The summed E-state index contributed by atoms with van der Waals surface area (Å²) >= 11 is 1.26. The van der Waals surface area contributed by atoms with E-state index in [-0.39, 0.29) is 5.92 Å². The Labute approximate surface area is 86.3 Å². The average molecular weight is 215 g/mol. The van der Waals surface area contributed by atoms with Gasteiger partial charge in [0.15, 0.2) is 0 Å². The van der Waals surface area contributed by atoms with Crippen LogP contribution >= 0.6 is 11.5 Å². The van der Waals surface area contributed by atoms with Crippen LogP contribution in [-0.2, 0) is 11.3 Å². The number of aromatic nitrogens is 2. The smallest absolute Gasteiger partial charge is 0.320 e. The van der Waals surface area contributed by atoms with E-state index < -0.39 is 12.0 Å². The van der Waals surface area contributed by atoms with Crippen LogP contribution in [-0.4, -0.2) is 26.7 Å². The molecule has 1 heterocycles. The molecular weight excluding hydrogens is 202 g/mol. The molecular formula is C8H13N3O2S. The Hall–Kier alpha value is -1.01. The van der Waals surface area contributed by atoms with Crippen LogP contribution in [0, 0.1) is 5.92 Å². The van der Waals surface area contributed by atoms with Gasteiger partial charge in [0.2, 0.25) is 0 Å². The fourth-order valence-corrected chi connectivity index (χ4v) is 1.54. The van der Waals surface area contributed by atoms with Gasteiger partial charge in [0.25, 0.3) is 0 Å². The molecule has 1 rings (SSSR count). The number of carboxylic acids is 1. The highest BCUT2D eigenvalue weighted by atomic mass is 32.1. The molecule has 0 amide bonds. The molecule has 6 heteroatoms. The van der Waals surface area contributed by atoms with Gasteiger partial charge in [-0.15, -0.1) is 5.10 Å². The molecule has 0 aliphatic rings. The standard InChI is InChI=1S/C8H13N3O2S/c1-5(2)7(8(12)13)9-3-6-4-14-11-10-6/h4-5,7,9H,3H2,1-2H3,(H,12,13). The Balaban J connectivity index is 2.45. The molecule has 14 heavy (non-hydrogen) atoms. The van der Waals surface area contributed by atoms with Crippen LogP contribution in [0.5, 0.6) is 0 Å². The van der Waals surface area contributed by atoms with Crippen LogP contribution in [0.25, 0.3) is 0 Å². The number of hydrogen-bond acceptors (Lipinski definition) is 5. The maximum Gasteiger partial charge on any atom is 0.320 e. The second-order valence-corrected chi connectivity index (χ2v) is 3.95. The van der Waals surface area contributed by atoms with E-state index in [0.29, 0.717) is 6.54 Å². The minimum atomic E-state index is -0.830. The van der Waals surface area contributed by atoms with Gasteiger partial charge in [0, 0.05) is 11.9 Å². The predicted octanol–water partition coefficient (Wildman–Crippen LogP) is 0.737. The number of aliphatic carboxylic acids is 1. The number of rotatable bonds is 5. The van der Waals surface area contributed by atoms with E-state index in [1.807, 2.05) is 13.8 Å². The lowest BCUT2D eigenvalue weighted by Crippen LogP contribution is -2.40. The minimum absolute atomic E-state index is 0.0547. The van der Waals surface area contributed by atoms with Crippen LogP contribution in [0.2, 0.25) is 0 Å². The Bertz CT molecular complexity index is 287. The first-order valence-corrected chi connectivity index (χ1v) is 5.17. The molecule has 0 aliphatic heterocycles. The first-order chi connectivity index (χ1) is 6.61. The summed E-state index contributed by atoms with van der Waals surface area (Å²) < 4.78 is 3.69. The summed E-state index contributed by atoms with van der Waals surface area (Å²) in [6, 6.07) is -0.531. The molecule has 0 bridgehead atoms. The van der Waals surface area contributed by atoms with E-state index in [0.717, 1.165) is 5.69 Å². The molecule has 0 radical (unpaired) electrons. The SMILES string of the molecule is CC(C)C(NCc1csnn1)C(=O)O. The van der Waals surface area contributed by atoms with Crippen LogP contribution in [0.3, 0.4) is 0 Å². The first-order valence-electron chi connectivity index (χ1n) is 4.33. The highest BCUT2D eigenvalue weighted by molar-refractivity contribution is 7.03. The molecule has 0 spiro atoms. The zero-order chi connectivity index (χ0) is 10.6. The molecule has 5 nitrogen and oxygen atoms in total. The molecule has 0 saturated carbocycles. The summed E-state index contributed by atoms with van der Waals surface area (Å²) in [5.74, 6) is -0.776. The van der Waals surface area contributed by atoms with Crippen LogP contribution in [0.1, 0.15) is 19.5 Å². The number of nitrogens with one attached hydrogen (secondary N) is 1. The Kier molecular flexibility index (Phi) is 3.97. The summed E-state index contributed by atoms with van der Waals surface area (Å²) in [5, 5.41) is 17.4. The largest absolute Gasteiger partial charge is 0.480 e. The van der Waals surface area contributed by atoms with E-state index in [4.69, 9.17) is 5.11 Å². The number of carboxylic acid groups (broad SMARTS) is 1. The van der Waals surface area contributed by atoms with Gasteiger partial charge < -0.3 is 5.11 Å². The summed E-state index contributed by atoms with van der Waals surface area (Å²) in [5.41, 5.74) is 0.780. The van der Waals surface area contributed by atoms with E-state index in [1.54, 1.807) is 5.38 Å². The van der Waals surface area contributed by atoms with Gasteiger partial charge in [-0.1, -0.05) is 18.3 Å². The van der Waals surface area contributed by atoms with Gasteiger partial charge >= 0.3 is 5.97 Å². The Morgan fingerprint density at radius 3 is 2.86 bits per heavy atom. The number of carbonyl (C=O) groups is 1. The fourth-order valence-electron chi connectivity index (χ4n) is 1.08. The molecule has 2 N–H and O–H groups in total. The molecule has 1 aromatic heterocycles. The second kappa shape index (κ2) is 5.02. The van der Waals surface area contributed by atoms with E-state index >= 15 is 0 Å². The maximum atomic E-state index is 10.8. The van der Waals surface area contributed by atoms with Crippen molar-refractivity contribution >= 4 is 17.5 Å². The zero-order valence-corrected chi connectivity index (χ0v) is 8.91. The zero-order valence-electron chi connectivity index (χ0n) is 8.10. The molecule has 78 valence electrons. The van der Waals surface area contributed by atoms with Crippen molar-refractivity contribution in [2.24, 2.45) is 5.92 Å². The second-order valence-electron chi connectivity index (χ2n) is 3.34. The lowest BCUT2D eigenvalue weighted by atomic mass is 10.1. The number of nitrogens with zero attached hydrogens (tertiary/aromatic N) is 2. The van der Waals surface area contributed by atoms with Gasteiger partial charge in [0.05, 0.1) is 5.69 Å². The first kappa shape index (κ1) is 11.1. The van der Waals surface area contributed by atoms with Gasteiger partial charge in [-0.3, -0.25) is 10.1 Å². The average Bonchev–Trinajstić information content (AvgIpc) is 2.55.